The molecule has 0 spiro atoms. The van der Waals surface area contributed by atoms with E-state index in [1.807, 2.05) is 84.9 Å². The molecule has 118 valence electrons. The lowest BCUT2D eigenvalue weighted by atomic mass is 10.0. The molecule has 3 aromatic rings. The Balaban J connectivity index is 2.21. The molecule has 0 amide bonds. The first-order valence-corrected chi connectivity index (χ1v) is 7.88. The molecular weight excluding hydrogens is 294 g/mol. The number of rotatable bonds is 5. The SMILES string of the molecule is C=C(C)C(=O)c1ccccc1N(c1ccccc1)c1ccccc1. The van der Waals surface area contributed by atoms with Gasteiger partial charge in [-0.3, -0.25) is 4.79 Å². The van der Waals surface area contributed by atoms with Crippen LogP contribution in [0.15, 0.2) is 97.1 Å². The summed E-state index contributed by atoms with van der Waals surface area (Å²) in [6.45, 7) is 5.55. The number of nitrogens with zero attached hydrogens (tertiary/aromatic N) is 1. The van der Waals surface area contributed by atoms with Crippen molar-refractivity contribution in [2.75, 3.05) is 4.90 Å². The summed E-state index contributed by atoms with van der Waals surface area (Å²) in [5.41, 5.74) is 4.04. The molecule has 2 heteroatoms. The summed E-state index contributed by atoms with van der Waals surface area (Å²) < 4.78 is 0. The fourth-order valence-corrected chi connectivity index (χ4v) is 2.67. The number of anilines is 3. The molecule has 0 fully saturated rings. The molecule has 0 aliphatic rings. The number of allylic oxidation sites excluding steroid dienone is 1. The predicted octanol–water partition coefficient (Wildman–Crippen LogP) is 5.92. The van der Waals surface area contributed by atoms with E-state index in [4.69, 9.17) is 0 Å². The van der Waals surface area contributed by atoms with Crippen LogP contribution in [0.1, 0.15) is 17.3 Å². The topological polar surface area (TPSA) is 20.3 Å². The van der Waals surface area contributed by atoms with Gasteiger partial charge in [-0.25, -0.2) is 0 Å². The van der Waals surface area contributed by atoms with Crippen LogP contribution in [0, 0.1) is 0 Å². The Bertz CT molecular complexity index is 814. The molecule has 0 aliphatic heterocycles. The van der Waals surface area contributed by atoms with Crippen LogP contribution in [-0.2, 0) is 0 Å². The highest BCUT2D eigenvalue weighted by atomic mass is 16.1. The first-order chi connectivity index (χ1) is 11.7. The molecule has 0 unspecified atom stereocenters. The fraction of sp³-hybridized carbons (Fsp3) is 0.0455. The predicted molar refractivity (Wildman–Crippen MR) is 100 cm³/mol. The number of ketones is 1. The third-order valence-electron chi connectivity index (χ3n) is 3.81. The van der Waals surface area contributed by atoms with E-state index in [-0.39, 0.29) is 5.78 Å². The minimum atomic E-state index is -0.0394. The maximum atomic E-state index is 12.6. The monoisotopic (exact) mass is 313 g/mol. The van der Waals surface area contributed by atoms with Crippen molar-refractivity contribution in [3.63, 3.8) is 0 Å². The Hall–Kier alpha value is -3.13. The largest absolute Gasteiger partial charge is 0.310 e. The summed E-state index contributed by atoms with van der Waals surface area (Å²) in [5, 5.41) is 0. The van der Waals surface area contributed by atoms with Crippen molar-refractivity contribution in [1.29, 1.82) is 0 Å². The van der Waals surface area contributed by atoms with Gasteiger partial charge in [-0.05, 0) is 48.9 Å². The van der Waals surface area contributed by atoms with Crippen LogP contribution in [-0.4, -0.2) is 5.78 Å². The van der Waals surface area contributed by atoms with Gasteiger partial charge in [0.15, 0.2) is 5.78 Å². The lowest BCUT2D eigenvalue weighted by Gasteiger charge is -2.27. The number of Topliss-reactive ketones (excluding diaryl/α,β-unsaturated/α-hetero) is 1. The second kappa shape index (κ2) is 6.97. The van der Waals surface area contributed by atoms with E-state index >= 15 is 0 Å². The lowest BCUT2D eigenvalue weighted by Crippen LogP contribution is -2.14. The third kappa shape index (κ3) is 3.13. The van der Waals surface area contributed by atoms with Crippen LogP contribution in [0.2, 0.25) is 0 Å². The quantitative estimate of drug-likeness (QED) is 0.431. The van der Waals surface area contributed by atoms with Crippen molar-refractivity contribution in [2.24, 2.45) is 0 Å². The molecule has 0 atom stereocenters. The molecular formula is C22H19NO. The summed E-state index contributed by atoms with van der Waals surface area (Å²) >= 11 is 0. The first-order valence-electron chi connectivity index (χ1n) is 7.88. The van der Waals surface area contributed by atoms with Crippen LogP contribution in [0.25, 0.3) is 0 Å². The Morgan fingerprint density at radius 2 is 1.21 bits per heavy atom. The molecule has 0 N–H and O–H groups in total. The van der Waals surface area contributed by atoms with Crippen molar-refractivity contribution in [3.05, 3.63) is 103 Å². The van der Waals surface area contributed by atoms with E-state index in [0.717, 1.165) is 17.1 Å². The average molecular weight is 313 g/mol. The van der Waals surface area contributed by atoms with E-state index in [9.17, 15) is 4.79 Å². The Morgan fingerprint density at radius 3 is 1.71 bits per heavy atom. The van der Waals surface area contributed by atoms with Crippen molar-refractivity contribution in [3.8, 4) is 0 Å². The highest BCUT2D eigenvalue weighted by molar-refractivity contribution is 6.12. The molecule has 0 heterocycles. The molecule has 0 aliphatic carbocycles. The van der Waals surface area contributed by atoms with E-state index in [2.05, 4.69) is 11.5 Å². The van der Waals surface area contributed by atoms with Crippen LogP contribution < -0.4 is 4.90 Å². The Kier molecular flexibility index (Phi) is 4.57. The van der Waals surface area contributed by atoms with Gasteiger partial charge in [-0.2, -0.15) is 0 Å². The normalized spacial score (nSPS) is 10.2. The van der Waals surface area contributed by atoms with Crippen molar-refractivity contribution in [2.45, 2.75) is 6.92 Å². The van der Waals surface area contributed by atoms with E-state index in [1.165, 1.54) is 0 Å². The fourth-order valence-electron chi connectivity index (χ4n) is 2.67. The molecule has 3 aromatic carbocycles. The number of benzene rings is 3. The van der Waals surface area contributed by atoms with Crippen molar-refractivity contribution in [1.82, 2.24) is 0 Å². The lowest BCUT2D eigenvalue weighted by molar-refractivity contribution is 0.103. The van der Waals surface area contributed by atoms with Crippen LogP contribution in [0.4, 0.5) is 17.1 Å². The second-order valence-corrected chi connectivity index (χ2v) is 5.63. The number of hydrogen-bond acceptors (Lipinski definition) is 2. The summed E-state index contributed by atoms with van der Waals surface area (Å²) in [6.07, 6.45) is 0. The van der Waals surface area contributed by atoms with Gasteiger partial charge >= 0.3 is 0 Å². The van der Waals surface area contributed by atoms with E-state index < -0.39 is 0 Å². The van der Waals surface area contributed by atoms with Crippen LogP contribution in [0.3, 0.4) is 0 Å². The highest BCUT2D eigenvalue weighted by Gasteiger charge is 2.19. The number of carbonyl (C=O) groups is 1. The zero-order valence-electron chi connectivity index (χ0n) is 13.6. The number of carbonyl (C=O) groups excluding carboxylic acids is 1. The number of hydrogen-bond donors (Lipinski definition) is 0. The molecule has 0 aromatic heterocycles. The van der Waals surface area contributed by atoms with Crippen LogP contribution >= 0.6 is 0 Å². The van der Waals surface area contributed by atoms with Gasteiger partial charge < -0.3 is 4.90 Å². The maximum Gasteiger partial charge on any atom is 0.190 e. The third-order valence-corrected chi connectivity index (χ3v) is 3.81. The highest BCUT2D eigenvalue weighted by Crippen LogP contribution is 2.36. The van der Waals surface area contributed by atoms with Gasteiger partial charge in [0.05, 0.1) is 5.69 Å². The van der Waals surface area contributed by atoms with Gasteiger partial charge in [0.2, 0.25) is 0 Å². The molecule has 24 heavy (non-hydrogen) atoms. The summed E-state index contributed by atoms with van der Waals surface area (Å²) in [5.74, 6) is -0.0394. The molecule has 2 nitrogen and oxygen atoms in total. The van der Waals surface area contributed by atoms with E-state index in [1.54, 1.807) is 6.92 Å². The van der Waals surface area contributed by atoms with Gasteiger partial charge in [-0.1, -0.05) is 55.1 Å². The molecule has 0 saturated carbocycles. The summed E-state index contributed by atoms with van der Waals surface area (Å²) in [7, 11) is 0. The smallest absolute Gasteiger partial charge is 0.190 e. The molecule has 0 radical (unpaired) electrons. The minimum absolute atomic E-state index is 0.0394. The molecule has 3 rings (SSSR count). The summed E-state index contributed by atoms with van der Waals surface area (Å²) in [4.78, 5) is 14.7. The number of para-hydroxylation sites is 3. The zero-order valence-corrected chi connectivity index (χ0v) is 13.6. The van der Waals surface area contributed by atoms with E-state index in [0.29, 0.717) is 11.1 Å². The molecule has 0 saturated heterocycles. The average Bonchev–Trinajstić information content (AvgIpc) is 2.63. The van der Waals surface area contributed by atoms with Gasteiger partial charge in [0.25, 0.3) is 0 Å². The Labute approximate surface area is 142 Å². The Morgan fingerprint density at radius 1 is 0.750 bits per heavy atom. The maximum absolute atomic E-state index is 12.6. The summed E-state index contributed by atoms with van der Waals surface area (Å²) in [6, 6.07) is 27.7. The van der Waals surface area contributed by atoms with Crippen molar-refractivity contribution >= 4 is 22.8 Å². The van der Waals surface area contributed by atoms with Gasteiger partial charge in [0.1, 0.15) is 0 Å². The zero-order chi connectivity index (χ0) is 16.9. The van der Waals surface area contributed by atoms with Crippen molar-refractivity contribution < 1.29 is 4.79 Å². The van der Waals surface area contributed by atoms with Crippen LogP contribution in [0.5, 0.6) is 0 Å². The minimum Gasteiger partial charge on any atom is -0.310 e. The second-order valence-electron chi connectivity index (χ2n) is 5.63. The standard InChI is InChI=1S/C22H19NO/c1-17(2)22(24)20-15-9-10-16-21(20)23(18-11-5-3-6-12-18)19-13-7-4-8-14-19/h3-16H,1H2,2H3. The first kappa shape index (κ1) is 15.8. The molecule has 0 bridgehead atoms. The van der Waals surface area contributed by atoms with Gasteiger partial charge in [0, 0.05) is 16.9 Å². The van der Waals surface area contributed by atoms with Gasteiger partial charge in [-0.15, -0.1) is 0 Å².